The van der Waals surface area contributed by atoms with Gasteiger partial charge in [0.2, 0.25) is 0 Å². The fourth-order valence-corrected chi connectivity index (χ4v) is 1.85. The maximum Gasteiger partial charge on any atom is 0.305 e. The molecule has 0 aliphatic rings. The largest absolute Gasteiger partial charge is 0.481 e. The monoisotopic (exact) mass is 251 g/mol. The van der Waals surface area contributed by atoms with Gasteiger partial charge in [0.05, 0.1) is 12.0 Å². The van der Waals surface area contributed by atoms with Crippen LogP contribution in [0.1, 0.15) is 30.6 Å². The molecule has 1 heterocycles. The van der Waals surface area contributed by atoms with E-state index < -0.39 is 11.9 Å². The number of amides is 1. The molecule has 1 aromatic heterocycles. The molecule has 0 fully saturated rings. The predicted molar refractivity (Wildman–Crippen MR) is 67.5 cm³/mol. The summed E-state index contributed by atoms with van der Waals surface area (Å²) in [5.41, 5.74) is 5.59. The van der Waals surface area contributed by atoms with E-state index in [4.69, 9.17) is 10.8 Å². The van der Waals surface area contributed by atoms with Gasteiger partial charge in [-0.1, -0.05) is 0 Å². The van der Waals surface area contributed by atoms with Crippen LogP contribution >= 0.6 is 0 Å². The topological polar surface area (TPSA) is 96.5 Å². The number of aliphatic carboxylic acids is 1. The van der Waals surface area contributed by atoms with Crippen molar-refractivity contribution < 1.29 is 14.7 Å². The second kappa shape index (κ2) is 6.00. The molecule has 1 aromatic rings. The van der Waals surface area contributed by atoms with E-state index in [9.17, 15) is 9.59 Å². The second-order valence-electron chi connectivity index (χ2n) is 3.97. The molecule has 0 bridgehead atoms. The number of carbonyl (C=O) groups excluding carboxylic acids is 1. The van der Waals surface area contributed by atoms with Gasteiger partial charge in [0.25, 0.3) is 5.91 Å². The summed E-state index contributed by atoms with van der Waals surface area (Å²) in [6.45, 7) is 4.20. The minimum Gasteiger partial charge on any atom is -0.481 e. The summed E-state index contributed by atoms with van der Waals surface area (Å²) in [7, 11) is 0. The number of nitrogens with zero attached hydrogens (tertiary/aromatic N) is 2. The van der Waals surface area contributed by atoms with Crippen LogP contribution in [-0.4, -0.2) is 34.6 Å². The molecule has 0 spiro atoms. The molecule has 0 saturated carbocycles. The molecule has 18 heavy (non-hydrogen) atoms. The molecule has 98 valence electrons. The third-order valence-electron chi connectivity index (χ3n) is 2.67. The highest BCUT2D eigenvalue weighted by Gasteiger charge is 2.21. The van der Waals surface area contributed by atoms with Gasteiger partial charge in [0, 0.05) is 18.8 Å². The van der Waals surface area contributed by atoms with Crippen LogP contribution in [0.5, 0.6) is 0 Å². The van der Waals surface area contributed by atoms with Crippen LogP contribution in [0.4, 0.5) is 5.82 Å². The third kappa shape index (κ3) is 3.19. The lowest BCUT2D eigenvalue weighted by molar-refractivity contribution is -0.137. The predicted octanol–water partition coefficient (Wildman–Crippen LogP) is 0.870. The van der Waals surface area contributed by atoms with Crippen LogP contribution in [0.2, 0.25) is 0 Å². The van der Waals surface area contributed by atoms with Crippen molar-refractivity contribution in [1.82, 2.24) is 4.98 Å². The van der Waals surface area contributed by atoms with Crippen LogP contribution in [0.25, 0.3) is 0 Å². The summed E-state index contributed by atoms with van der Waals surface area (Å²) < 4.78 is 0. The first kappa shape index (κ1) is 14.0. The van der Waals surface area contributed by atoms with Crippen molar-refractivity contribution in [3.63, 3.8) is 0 Å². The highest BCUT2D eigenvalue weighted by molar-refractivity contribution is 5.97. The molecule has 1 unspecified atom stereocenters. The number of anilines is 1. The SMILES string of the molecule is CCN(c1ncccc1C(N)=O)C(C)CC(=O)O. The van der Waals surface area contributed by atoms with E-state index in [0.29, 0.717) is 17.9 Å². The Balaban J connectivity index is 3.08. The molecule has 0 radical (unpaired) electrons. The van der Waals surface area contributed by atoms with Gasteiger partial charge in [-0.2, -0.15) is 0 Å². The van der Waals surface area contributed by atoms with Gasteiger partial charge in [-0.05, 0) is 26.0 Å². The zero-order valence-corrected chi connectivity index (χ0v) is 10.5. The summed E-state index contributed by atoms with van der Waals surface area (Å²) in [6, 6.07) is 2.95. The number of hydrogen-bond acceptors (Lipinski definition) is 4. The van der Waals surface area contributed by atoms with E-state index in [2.05, 4.69) is 4.98 Å². The van der Waals surface area contributed by atoms with Crippen molar-refractivity contribution in [2.75, 3.05) is 11.4 Å². The summed E-state index contributed by atoms with van der Waals surface area (Å²) in [4.78, 5) is 28.0. The molecule has 3 N–H and O–H groups in total. The van der Waals surface area contributed by atoms with Crippen molar-refractivity contribution >= 4 is 17.7 Å². The Morgan fingerprint density at radius 1 is 1.56 bits per heavy atom. The molecule has 1 amide bonds. The van der Waals surface area contributed by atoms with Crippen molar-refractivity contribution in [2.45, 2.75) is 26.3 Å². The zero-order valence-electron chi connectivity index (χ0n) is 10.5. The van der Waals surface area contributed by atoms with E-state index in [1.807, 2.05) is 6.92 Å². The number of aromatic nitrogens is 1. The molecule has 0 aromatic carbocycles. The van der Waals surface area contributed by atoms with E-state index >= 15 is 0 Å². The van der Waals surface area contributed by atoms with Crippen LogP contribution in [0.3, 0.4) is 0 Å². The summed E-state index contributed by atoms with van der Waals surface area (Å²) in [5, 5.41) is 8.81. The van der Waals surface area contributed by atoms with Gasteiger partial charge >= 0.3 is 5.97 Å². The molecule has 0 aliphatic heterocycles. The third-order valence-corrected chi connectivity index (χ3v) is 2.67. The smallest absolute Gasteiger partial charge is 0.305 e. The van der Waals surface area contributed by atoms with Gasteiger partial charge in [-0.3, -0.25) is 9.59 Å². The quantitative estimate of drug-likeness (QED) is 0.782. The zero-order chi connectivity index (χ0) is 13.7. The lowest BCUT2D eigenvalue weighted by atomic mass is 10.1. The maximum absolute atomic E-state index is 11.3. The molecular weight excluding hydrogens is 234 g/mol. The first-order valence-corrected chi connectivity index (χ1v) is 5.70. The Kier molecular flexibility index (Phi) is 4.65. The molecular formula is C12H17N3O3. The number of carbonyl (C=O) groups is 2. The summed E-state index contributed by atoms with van der Waals surface area (Å²) >= 11 is 0. The second-order valence-corrected chi connectivity index (χ2v) is 3.97. The average molecular weight is 251 g/mol. The molecule has 1 rings (SSSR count). The molecule has 6 nitrogen and oxygen atoms in total. The molecule has 6 heteroatoms. The molecule has 1 atom stereocenters. The number of nitrogens with two attached hydrogens (primary N) is 1. The van der Waals surface area contributed by atoms with Gasteiger partial charge in [-0.15, -0.1) is 0 Å². The Bertz CT molecular complexity index is 448. The van der Waals surface area contributed by atoms with Crippen molar-refractivity contribution in [3.05, 3.63) is 23.9 Å². The Morgan fingerprint density at radius 2 is 2.22 bits per heavy atom. The highest BCUT2D eigenvalue weighted by atomic mass is 16.4. The molecule has 0 saturated heterocycles. The summed E-state index contributed by atoms with van der Waals surface area (Å²) in [5.74, 6) is -1.03. The fraction of sp³-hybridized carbons (Fsp3) is 0.417. The number of pyridine rings is 1. The first-order valence-electron chi connectivity index (χ1n) is 5.70. The van der Waals surface area contributed by atoms with E-state index in [1.165, 1.54) is 0 Å². The maximum atomic E-state index is 11.3. The Morgan fingerprint density at radius 3 is 2.72 bits per heavy atom. The van der Waals surface area contributed by atoms with Crippen LogP contribution in [0, 0.1) is 0 Å². The van der Waals surface area contributed by atoms with E-state index in [1.54, 1.807) is 30.2 Å². The normalized spacial score (nSPS) is 11.9. The minimum absolute atomic E-state index is 0.0252. The average Bonchev–Trinajstić information content (AvgIpc) is 2.29. The van der Waals surface area contributed by atoms with Crippen LogP contribution in [-0.2, 0) is 4.79 Å². The van der Waals surface area contributed by atoms with Crippen molar-refractivity contribution in [3.8, 4) is 0 Å². The number of rotatable bonds is 6. The van der Waals surface area contributed by atoms with Crippen LogP contribution in [0.15, 0.2) is 18.3 Å². The highest BCUT2D eigenvalue weighted by Crippen LogP contribution is 2.20. The number of hydrogen-bond donors (Lipinski definition) is 2. The standard InChI is InChI=1S/C12H17N3O3/c1-3-15(8(2)7-10(16)17)12-9(11(13)18)5-4-6-14-12/h4-6,8H,3,7H2,1-2H3,(H2,13,18)(H,16,17). The number of carboxylic acids is 1. The van der Waals surface area contributed by atoms with Crippen molar-refractivity contribution in [1.29, 1.82) is 0 Å². The summed E-state index contributed by atoms with van der Waals surface area (Å²) in [6.07, 6.45) is 1.53. The van der Waals surface area contributed by atoms with Gasteiger partial charge in [-0.25, -0.2) is 4.98 Å². The van der Waals surface area contributed by atoms with Gasteiger partial charge in [0.1, 0.15) is 5.82 Å². The first-order chi connectivity index (χ1) is 8.47. The van der Waals surface area contributed by atoms with E-state index in [-0.39, 0.29) is 12.5 Å². The van der Waals surface area contributed by atoms with Crippen LogP contribution < -0.4 is 10.6 Å². The number of carboxylic acid groups (broad SMARTS) is 1. The van der Waals surface area contributed by atoms with E-state index in [0.717, 1.165) is 0 Å². The Hall–Kier alpha value is -2.11. The number of primary amides is 1. The van der Waals surface area contributed by atoms with Gasteiger partial charge in [0.15, 0.2) is 0 Å². The Labute approximate surface area is 105 Å². The minimum atomic E-state index is -0.891. The van der Waals surface area contributed by atoms with Crippen molar-refractivity contribution in [2.24, 2.45) is 5.73 Å². The lowest BCUT2D eigenvalue weighted by Gasteiger charge is -2.29. The molecule has 0 aliphatic carbocycles. The van der Waals surface area contributed by atoms with Gasteiger partial charge < -0.3 is 15.7 Å². The lowest BCUT2D eigenvalue weighted by Crippen LogP contribution is -2.36. The fourth-order valence-electron chi connectivity index (χ4n) is 1.85.